The van der Waals surface area contributed by atoms with Crippen LogP contribution in [0.5, 0.6) is 11.5 Å². The van der Waals surface area contributed by atoms with Crippen LogP contribution in [-0.4, -0.2) is 31.0 Å². The number of hydrogen-bond donors (Lipinski definition) is 2. The van der Waals surface area contributed by atoms with Crippen LogP contribution in [0.2, 0.25) is 0 Å². The largest absolute Gasteiger partial charge is 0.493 e. The van der Waals surface area contributed by atoms with Crippen molar-refractivity contribution in [3.05, 3.63) is 23.8 Å². The van der Waals surface area contributed by atoms with Gasteiger partial charge in [0.2, 0.25) is 0 Å². The van der Waals surface area contributed by atoms with Gasteiger partial charge in [0.1, 0.15) is 0 Å². The molecular weight excluding hydrogens is 278 g/mol. The minimum Gasteiger partial charge on any atom is -0.493 e. The monoisotopic (exact) mass is 307 g/mol. The first-order valence-electron chi connectivity index (χ1n) is 8.29. The summed E-state index contributed by atoms with van der Waals surface area (Å²) in [6.45, 7) is 5.78. The zero-order chi connectivity index (χ0) is 15.9. The molecule has 0 amide bonds. The van der Waals surface area contributed by atoms with Crippen LogP contribution >= 0.6 is 0 Å². The van der Waals surface area contributed by atoms with Gasteiger partial charge < -0.3 is 19.9 Å². The van der Waals surface area contributed by atoms with Gasteiger partial charge in [-0.15, -0.1) is 0 Å². The quantitative estimate of drug-likeness (QED) is 0.812. The zero-order valence-electron chi connectivity index (χ0n) is 14.0. The van der Waals surface area contributed by atoms with Gasteiger partial charge in [-0.2, -0.15) is 0 Å². The first-order chi connectivity index (χ1) is 10.6. The SMILES string of the molecule is COc1ccc(CNC2CCC(O)CC2)cc1OCC(C)C. The van der Waals surface area contributed by atoms with Gasteiger partial charge in [-0.3, -0.25) is 0 Å². The van der Waals surface area contributed by atoms with Crippen LogP contribution in [0.4, 0.5) is 0 Å². The predicted molar refractivity (Wildman–Crippen MR) is 88.4 cm³/mol. The summed E-state index contributed by atoms with van der Waals surface area (Å²) in [5.41, 5.74) is 1.20. The average molecular weight is 307 g/mol. The molecule has 1 fully saturated rings. The van der Waals surface area contributed by atoms with Gasteiger partial charge in [-0.25, -0.2) is 0 Å². The Morgan fingerprint density at radius 2 is 1.91 bits per heavy atom. The molecule has 1 saturated carbocycles. The van der Waals surface area contributed by atoms with Crippen molar-refractivity contribution in [3.63, 3.8) is 0 Å². The summed E-state index contributed by atoms with van der Waals surface area (Å²) in [5, 5.41) is 13.1. The summed E-state index contributed by atoms with van der Waals surface area (Å²) >= 11 is 0. The number of rotatable bonds is 7. The minimum absolute atomic E-state index is 0.102. The number of aliphatic hydroxyl groups is 1. The Hall–Kier alpha value is -1.26. The minimum atomic E-state index is -0.102. The van der Waals surface area contributed by atoms with E-state index >= 15 is 0 Å². The van der Waals surface area contributed by atoms with Crippen LogP contribution in [0.1, 0.15) is 45.1 Å². The van der Waals surface area contributed by atoms with Crippen molar-refractivity contribution in [1.29, 1.82) is 0 Å². The fourth-order valence-electron chi connectivity index (χ4n) is 2.74. The van der Waals surface area contributed by atoms with Gasteiger partial charge in [0.15, 0.2) is 11.5 Å². The van der Waals surface area contributed by atoms with Crippen LogP contribution in [0.3, 0.4) is 0 Å². The molecule has 0 saturated heterocycles. The number of hydrogen-bond acceptors (Lipinski definition) is 4. The standard InChI is InChI=1S/C18H29NO3/c1-13(2)12-22-18-10-14(4-9-17(18)21-3)11-19-15-5-7-16(20)8-6-15/h4,9-10,13,15-16,19-20H,5-8,11-12H2,1-3H3. The van der Waals surface area contributed by atoms with E-state index in [1.54, 1.807) is 7.11 Å². The molecule has 124 valence electrons. The maximum Gasteiger partial charge on any atom is 0.161 e. The Labute approximate surface area is 133 Å². The van der Waals surface area contributed by atoms with Crippen molar-refractivity contribution in [2.75, 3.05) is 13.7 Å². The van der Waals surface area contributed by atoms with E-state index in [9.17, 15) is 5.11 Å². The highest BCUT2D eigenvalue weighted by molar-refractivity contribution is 5.43. The Balaban J connectivity index is 1.91. The molecule has 0 radical (unpaired) electrons. The Morgan fingerprint density at radius 3 is 2.55 bits per heavy atom. The van der Waals surface area contributed by atoms with Crippen LogP contribution in [-0.2, 0) is 6.54 Å². The zero-order valence-corrected chi connectivity index (χ0v) is 14.0. The van der Waals surface area contributed by atoms with E-state index < -0.39 is 0 Å². The van der Waals surface area contributed by atoms with Crippen molar-refractivity contribution in [2.24, 2.45) is 5.92 Å². The van der Waals surface area contributed by atoms with E-state index in [2.05, 4.69) is 31.3 Å². The summed E-state index contributed by atoms with van der Waals surface area (Å²) in [6, 6.07) is 6.61. The van der Waals surface area contributed by atoms with E-state index in [0.717, 1.165) is 43.7 Å². The van der Waals surface area contributed by atoms with Gasteiger partial charge in [-0.1, -0.05) is 19.9 Å². The Bertz CT molecular complexity index is 454. The highest BCUT2D eigenvalue weighted by Crippen LogP contribution is 2.28. The first-order valence-corrected chi connectivity index (χ1v) is 8.29. The summed E-state index contributed by atoms with van der Waals surface area (Å²) in [6.07, 6.45) is 3.81. The number of nitrogens with one attached hydrogen (secondary N) is 1. The van der Waals surface area contributed by atoms with Gasteiger partial charge in [0.05, 0.1) is 19.8 Å². The highest BCUT2D eigenvalue weighted by atomic mass is 16.5. The predicted octanol–water partition coefficient (Wildman–Crippen LogP) is 3.12. The Morgan fingerprint density at radius 1 is 1.18 bits per heavy atom. The lowest BCUT2D eigenvalue weighted by Crippen LogP contribution is -2.34. The number of methoxy groups -OCH3 is 1. The molecule has 2 N–H and O–H groups in total. The molecule has 0 spiro atoms. The topological polar surface area (TPSA) is 50.7 Å². The maximum atomic E-state index is 9.55. The molecule has 0 unspecified atom stereocenters. The molecule has 2 rings (SSSR count). The van der Waals surface area contributed by atoms with Crippen LogP contribution in [0, 0.1) is 5.92 Å². The highest BCUT2D eigenvalue weighted by Gasteiger charge is 2.18. The lowest BCUT2D eigenvalue weighted by molar-refractivity contribution is 0.116. The summed E-state index contributed by atoms with van der Waals surface area (Å²) in [7, 11) is 1.67. The lowest BCUT2D eigenvalue weighted by atomic mass is 9.93. The molecule has 0 bridgehead atoms. The Kier molecular flexibility index (Phi) is 6.52. The van der Waals surface area contributed by atoms with Crippen molar-refractivity contribution in [1.82, 2.24) is 5.32 Å². The molecule has 22 heavy (non-hydrogen) atoms. The van der Waals surface area contributed by atoms with Gasteiger partial charge in [0, 0.05) is 12.6 Å². The van der Waals surface area contributed by atoms with E-state index in [1.165, 1.54) is 5.56 Å². The van der Waals surface area contributed by atoms with E-state index in [4.69, 9.17) is 9.47 Å². The molecule has 1 aromatic carbocycles. The van der Waals surface area contributed by atoms with E-state index in [1.807, 2.05) is 6.07 Å². The molecule has 0 aliphatic heterocycles. The molecule has 4 nitrogen and oxygen atoms in total. The molecule has 1 aromatic rings. The van der Waals surface area contributed by atoms with Crippen molar-refractivity contribution in [2.45, 2.75) is 58.2 Å². The molecule has 0 aromatic heterocycles. The molecule has 0 atom stereocenters. The van der Waals surface area contributed by atoms with Crippen molar-refractivity contribution in [3.8, 4) is 11.5 Å². The van der Waals surface area contributed by atoms with Crippen molar-refractivity contribution < 1.29 is 14.6 Å². The molecule has 0 heterocycles. The summed E-state index contributed by atoms with van der Waals surface area (Å²) < 4.78 is 11.2. The number of benzene rings is 1. The average Bonchev–Trinajstić information content (AvgIpc) is 2.52. The summed E-state index contributed by atoms with van der Waals surface area (Å²) in [4.78, 5) is 0. The van der Waals surface area contributed by atoms with E-state index in [0.29, 0.717) is 18.6 Å². The third kappa shape index (κ3) is 5.18. The normalized spacial score (nSPS) is 21.9. The fraction of sp³-hybridized carbons (Fsp3) is 0.667. The molecular formula is C18H29NO3. The second-order valence-corrected chi connectivity index (χ2v) is 6.58. The lowest BCUT2D eigenvalue weighted by Gasteiger charge is -2.26. The number of ether oxygens (including phenoxy) is 2. The molecule has 1 aliphatic rings. The third-order valence-corrected chi connectivity index (χ3v) is 4.09. The van der Waals surface area contributed by atoms with Gasteiger partial charge in [-0.05, 0) is 49.3 Å². The van der Waals surface area contributed by atoms with Gasteiger partial charge >= 0.3 is 0 Å². The second kappa shape index (κ2) is 8.39. The fourth-order valence-corrected chi connectivity index (χ4v) is 2.74. The van der Waals surface area contributed by atoms with Crippen LogP contribution < -0.4 is 14.8 Å². The smallest absolute Gasteiger partial charge is 0.161 e. The first kappa shape index (κ1) is 17.1. The maximum absolute atomic E-state index is 9.55. The van der Waals surface area contributed by atoms with Crippen LogP contribution in [0.25, 0.3) is 0 Å². The molecule has 1 aliphatic carbocycles. The second-order valence-electron chi connectivity index (χ2n) is 6.58. The van der Waals surface area contributed by atoms with Crippen molar-refractivity contribution >= 4 is 0 Å². The summed E-state index contributed by atoms with van der Waals surface area (Å²) in [5.74, 6) is 2.08. The van der Waals surface area contributed by atoms with E-state index in [-0.39, 0.29) is 6.10 Å². The third-order valence-electron chi connectivity index (χ3n) is 4.09. The number of aliphatic hydroxyl groups excluding tert-OH is 1. The van der Waals surface area contributed by atoms with Gasteiger partial charge in [0.25, 0.3) is 0 Å². The van der Waals surface area contributed by atoms with Crippen LogP contribution in [0.15, 0.2) is 18.2 Å². The molecule has 4 heteroatoms.